The summed E-state index contributed by atoms with van der Waals surface area (Å²) in [5.41, 5.74) is 0. The maximum atomic E-state index is 9.92. The zero-order valence-corrected chi connectivity index (χ0v) is 3.38. The Balaban J connectivity index is 0.000000490. The van der Waals surface area contributed by atoms with E-state index in [9.17, 15) is 9.59 Å². The summed E-state index contributed by atoms with van der Waals surface area (Å²) in [5, 5.41) is 0. The molecule has 0 atom stereocenters. The van der Waals surface area contributed by atoms with Crippen molar-refractivity contribution in [3.63, 3.8) is 0 Å². The topological polar surface area (TPSA) is 43.4 Å². The summed E-state index contributed by atoms with van der Waals surface area (Å²) in [6.45, 7) is 0. The van der Waals surface area contributed by atoms with E-state index in [0.717, 1.165) is 12.2 Å². The summed E-state index contributed by atoms with van der Waals surface area (Å²) >= 11 is 0. The standard InChI is InChI=1S/C4H2O3.Ca.2H/c5-3-1-2-4(6)7-3;;;/h1-2H;;;. The molecule has 0 amide bonds. The van der Waals surface area contributed by atoms with Crippen LogP contribution in [0.2, 0.25) is 0 Å². The van der Waals surface area contributed by atoms with Gasteiger partial charge in [0, 0.05) is 12.2 Å². The summed E-state index contributed by atoms with van der Waals surface area (Å²) in [6.07, 6.45) is 2.17. The first-order chi connectivity index (χ1) is 3.29. The van der Waals surface area contributed by atoms with Crippen LogP contribution in [0, 0.1) is 0 Å². The molecule has 0 spiro atoms. The molecule has 0 N–H and O–H groups in total. The van der Waals surface area contributed by atoms with E-state index in [4.69, 9.17) is 0 Å². The van der Waals surface area contributed by atoms with E-state index in [0.29, 0.717) is 0 Å². The van der Waals surface area contributed by atoms with Crippen molar-refractivity contribution in [1.29, 1.82) is 0 Å². The monoisotopic (exact) mass is 140 g/mol. The predicted octanol–water partition coefficient (Wildman–Crippen LogP) is -1.29. The average molecular weight is 140 g/mol. The Morgan fingerprint density at radius 2 is 1.50 bits per heavy atom. The summed E-state index contributed by atoms with van der Waals surface area (Å²) in [4.78, 5) is 19.8. The minimum absolute atomic E-state index is 0. The van der Waals surface area contributed by atoms with Crippen LogP contribution in [0.25, 0.3) is 0 Å². The fraction of sp³-hybridized carbons (Fsp3) is 0. The zero-order chi connectivity index (χ0) is 5.28. The molecule has 0 unspecified atom stereocenters. The van der Waals surface area contributed by atoms with Crippen LogP contribution in [-0.2, 0) is 14.3 Å². The van der Waals surface area contributed by atoms with Gasteiger partial charge in [-0.25, -0.2) is 9.59 Å². The first-order valence-corrected chi connectivity index (χ1v) is 1.73. The zero-order valence-electron chi connectivity index (χ0n) is 3.38. The quantitative estimate of drug-likeness (QED) is 0.239. The number of rotatable bonds is 0. The molecular weight excluding hydrogens is 136 g/mol. The van der Waals surface area contributed by atoms with Crippen molar-refractivity contribution in [2.45, 2.75) is 0 Å². The molecule has 0 aromatic rings. The molecule has 4 heteroatoms. The molecule has 0 fully saturated rings. The van der Waals surface area contributed by atoms with Gasteiger partial charge < -0.3 is 4.74 Å². The molecule has 0 aromatic heterocycles. The maximum absolute atomic E-state index is 9.92. The van der Waals surface area contributed by atoms with Gasteiger partial charge in [0.15, 0.2) is 0 Å². The SMILES string of the molecule is O=C1C=CC(=O)O1.[CaH2]. The normalized spacial score (nSPS) is 15.5. The van der Waals surface area contributed by atoms with Crippen LogP contribution in [0.15, 0.2) is 12.2 Å². The number of carbonyl (C=O) groups is 2. The van der Waals surface area contributed by atoms with Gasteiger partial charge in [0.1, 0.15) is 0 Å². The fourth-order valence-corrected chi connectivity index (χ4v) is 0.303. The second-order valence-electron chi connectivity index (χ2n) is 1.07. The van der Waals surface area contributed by atoms with Crippen molar-refractivity contribution < 1.29 is 14.3 Å². The predicted molar refractivity (Wildman–Crippen MR) is 28.8 cm³/mol. The second kappa shape index (κ2) is 3.22. The number of hydrogen-bond donors (Lipinski definition) is 0. The van der Waals surface area contributed by atoms with Crippen molar-refractivity contribution in [3.05, 3.63) is 12.2 Å². The van der Waals surface area contributed by atoms with E-state index in [1.807, 2.05) is 0 Å². The van der Waals surface area contributed by atoms with Crippen molar-refractivity contribution in [3.8, 4) is 0 Å². The Hall–Kier alpha value is 0.140. The Kier molecular flexibility index (Phi) is 3.28. The number of carbonyl (C=O) groups excluding carboxylic acids is 2. The van der Waals surface area contributed by atoms with Crippen molar-refractivity contribution in [2.75, 3.05) is 0 Å². The molecule has 1 heterocycles. The van der Waals surface area contributed by atoms with Crippen LogP contribution in [0.3, 0.4) is 0 Å². The first kappa shape index (κ1) is 8.14. The van der Waals surface area contributed by atoms with E-state index in [1.165, 1.54) is 0 Å². The molecule has 0 aromatic carbocycles. The third-order valence-corrected chi connectivity index (χ3v) is 0.557. The summed E-state index contributed by atoms with van der Waals surface area (Å²) in [5.74, 6) is -1.16. The molecule has 1 aliphatic heterocycles. The molecule has 1 aliphatic rings. The summed E-state index contributed by atoms with van der Waals surface area (Å²) in [6, 6.07) is 0. The van der Waals surface area contributed by atoms with Crippen LogP contribution in [-0.4, -0.2) is 49.7 Å². The van der Waals surface area contributed by atoms with Gasteiger partial charge in [-0.15, -0.1) is 0 Å². The van der Waals surface area contributed by atoms with Gasteiger partial charge in [-0.1, -0.05) is 0 Å². The minimum atomic E-state index is -0.579. The van der Waals surface area contributed by atoms with E-state index in [1.54, 1.807) is 0 Å². The Labute approximate surface area is 75.7 Å². The molecular formula is C4H4CaO3. The van der Waals surface area contributed by atoms with Gasteiger partial charge in [-0.2, -0.15) is 0 Å². The van der Waals surface area contributed by atoms with Crippen LogP contribution < -0.4 is 0 Å². The van der Waals surface area contributed by atoms with E-state index < -0.39 is 11.9 Å². The van der Waals surface area contributed by atoms with Crippen LogP contribution in [0.1, 0.15) is 0 Å². The Morgan fingerprint density at radius 1 is 1.12 bits per heavy atom. The second-order valence-corrected chi connectivity index (χ2v) is 1.07. The summed E-state index contributed by atoms with van der Waals surface area (Å²) < 4.78 is 3.97. The first-order valence-electron chi connectivity index (χ1n) is 1.73. The van der Waals surface area contributed by atoms with Gasteiger partial charge in [-0.05, 0) is 0 Å². The van der Waals surface area contributed by atoms with E-state index in [-0.39, 0.29) is 37.7 Å². The molecule has 40 valence electrons. The van der Waals surface area contributed by atoms with Gasteiger partial charge in [-0.3, -0.25) is 0 Å². The number of esters is 2. The third-order valence-electron chi connectivity index (χ3n) is 0.557. The molecule has 1 rings (SSSR count). The van der Waals surface area contributed by atoms with Crippen LogP contribution in [0.5, 0.6) is 0 Å². The molecule has 0 aliphatic carbocycles. The van der Waals surface area contributed by atoms with Crippen LogP contribution >= 0.6 is 0 Å². The summed E-state index contributed by atoms with van der Waals surface area (Å²) in [7, 11) is 0. The number of ether oxygens (including phenoxy) is 1. The van der Waals surface area contributed by atoms with Gasteiger partial charge >= 0.3 is 49.7 Å². The Bertz CT molecular complexity index is 133. The van der Waals surface area contributed by atoms with E-state index in [2.05, 4.69) is 4.74 Å². The molecule has 0 saturated carbocycles. The number of cyclic esters (lactones) is 2. The van der Waals surface area contributed by atoms with Crippen molar-refractivity contribution in [1.82, 2.24) is 0 Å². The van der Waals surface area contributed by atoms with E-state index >= 15 is 0 Å². The Morgan fingerprint density at radius 3 is 1.62 bits per heavy atom. The van der Waals surface area contributed by atoms with Gasteiger partial charge in [0.25, 0.3) is 0 Å². The molecule has 3 nitrogen and oxygen atoms in total. The average Bonchev–Trinajstić information content (AvgIpc) is 1.87. The van der Waals surface area contributed by atoms with Gasteiger partial charge in [0.05, 0.1) is 0 Å². The van der Waals surface area contributed by atoms with Crippen LogP contribution in [0.4, 0.5) is 0 Å². The van der Waals surface area contributed by atoms with Gasteiger partial charge in [0.2, 0.25) is 0 Å². The molecule has 0 radical (unpaired) electrons. The van der Waals surface area contributed by atoms with Crippen molar-refractivity contribution >= 4 is 49.7 Å². The number of hydrogen-bond acceptors (Lipinski definition) is 3. The molecule has 8 heavy (non-hydrogen) atoms. The third kappa shape index (κ3) is 1.94. The molecule has 0 saturated heterocycles. The molecule has 0 bridgehead atoms. The van der Waals surface area contributed by atoms with Crippen molar-refractivity contribution in [2.24, 2.45) is 0 Å². The fourth-order valence-electron chi connectivity index (χ4n) is 0.303.